The fourth-order valence-corrected chi connectivity index (χ4v) is 3.89. The number of nitrogens with zero attached hydrogens (tertiary/aromatic N) is 2. The number of amides is 1. The summed E-state index contributed by atoms with van der Waals surface area (Å²) >= 11 is 12.3. The van der Waals surface area contributed by atoms with Crippen molar-refractivity contribution in [2.24, 2.45) is 11.1 Å². The Labute approximate surface area is 156 Å². The van der Waals surface area contributed by atoms with Gasteiger partial charge in [-0.25, -0.2) is 0 Å². The molecule has 4 rings (SSSR count). The third kappa shape index (κ3) is 3.21. The molecular weight excluding hydrogens is 359 g/mol. The topological polar surface area (TPSA) is 41.9 Å². The molecule has 1 amide bonds. The third-order valence-corrected chi connectivity index (χ3v) is 5.77. The van der Waals surface area contributed by atoms with Crippen LogP contribution >= 0.6 is 23.2 Å². The van der Waals surface area contributed by atoms with Crippen LogP contribution < -0.4 is 4.90 Å². The molecule has 4 nitrogen and oxygen atoms in total. The van der Waals surface area contributed by atoms with Gasteiger partial charge in [0.15, 0.2) is 0 Å². The van der Waals surface area contributed by atoms with E-state index in [0.29, 0.717) is 24.5 Å². The fourth-order valence-electron chi connectivity index (χ4n) is 3.53. The summed E-state index contributed by atoms with van der Waals surface area (Å²) in [6.07, 6.45) is 5.79. The van der Waals surface area contributed by atoms with Crippen LogP contribution in [0, 0.1) is 5.92 Å². The SMILES string of the molecule is O=C(CC1CON=C1C1=CCC(Cl)C(Cl)=C1)N1CCc2ccccc21. The summed E-state index contributed by atoms with van der Waals surface area (Å²) in [6, 6.07) is 8.07. The van der Waals surface area contributed by atoms with Gasteiger partial charge in [-0.15, -0.1) is 11.6 Å². The molecule has 0 bridgehead atoms. The summed E-state index contributed by atoms with van der Waals surface area (Å²) in [5.41, 5.74) is 3.96. The highest BCUT2D eigenvalue weighted by Gasteiger charge is 2.33. The van der Waals surface area contributed by atoms with Crippen LogP contribution in [-0.4, -0.2) is 30.1 Å². The lowest BCUT2D eigenvalue weighted by atomic mass is 9.91. The van der Waals surface area contributed by atoms with Crippen molar-refractivity contribution in [2.75, 3.05) is 18.1 Å². The van der Waals surface area contributed by atoms with Gasteiger partial charge in [-0.2, -0.15) is 0 Å². The summed E-state index contributed by atoms with van der Waals surface area (Å²) in [5.74, 6) is 0.0500. The number of anilines is 1. The van der Waals surface area contributed by atoms with Crippen LogP contribution in [0.3, 0.4) is 0 Å². The fraction of sp³-hybridized carbons (Fsp3) is 0.368. The molecule has 25 heavy (non-hydrogen) atoms. The molecule has 0 fully saturated rings. The number of carbonyl (C=O) groups excluding carboxylic acids is 1. The van der Waals surface area contributed by atoms with Gasteiger partial charge in [0.2, 0.25) is 5.91 Å². The minimum atomic E-state index is -0.186. The van der Waals surface area contributed by atoms with Gasteiger partial charge in [0.25, 0.3) is 0 Å². The molecule has 0 radical (unpaired) electrons. The van der Waals surface area contributed by atoms with Gasteiger partial charge in [0.1, 0.15) is 6.61 Å². The molecule has 6 heteroatoms. The lowest BCUT2D eigenvalue weighted by molar-refractivity contribution is -0.119. The van der Waals surface area contributed by atoms with E-state index < -0.39 is 0 Å². The average molecular weight is 377 g/mol. The smallest absolute Gasteiger partial charge is 0.227 e. The summed E-state index contributed by atoms with van der Waals surface area (Å²) in [6.45, 7) is 1.16. The quantitative estimate of drug-likeness (QED) is 0.747. The molecule has 3 aliphatic rings. The first kappa shape index (κ1) is 16.7. The molecule has 130 valence electrons. The van der Waals surface area contributed by atoms with Crippen molar-refractivity contribution >= 4 is 40.5 Å². The summed E-state index contributed by atoms with van der Waals surface area (Å²) in [5, 5.41) is 4.57. The second-order valence-corrected chi connectivity index (χ2v) is 7.45. The van der Waals surface area contributed by atoms with Gasteiger partial charge in [0, 0.05) is 23.7 Å². The van der Waals surface area contributed by atoms with Crippen molar-refractivity contribution in [3.8, 4) is 0 Å². The zero-order valence-corrected chi connectivity index (χ0v) is 15.1. The number of hydrogen-bond donors (Lipinski definition) is 0. The van der Waals surface area contributed by atoms with E-state index in [1.807, 2.05) is 35.3 Å². The second kappa shape index (κ2) is 6.85. The molecule has 0 saturated carbocycles. The lowest BCUT2D eigenvalue weighted by Gasteiger charge is -2.20. The Bertz CT molecular complexity index is 800. The largest absolute Gasteiger partial charge is 0.395 e. The Balaban J connectivity index is 1.48. The minimum absolute atomic E-state index is 0.0564. The number of carbonyl (C=O) groups is 1. The van der Waals surface area contributed by atoms with Gasteiger partial charge in [-0.05, 0) is 36.1 Å². The zero-order valence-electron chi connectivity index (χ0n) is 13.6. The van der Waals surface area contributed by atoms with Crippen LogP contribution in [-0.2, 0) is 16.1 Å². The summed E-state index contributed by atoms with van der Waals surface area (Å²) < 4.78 is 0. The van der Waals surface area contributed by atoms with Crippen LogP contribution in [0.5, 0.6) is 0 Å². The van der Waals surface area contributed by atoms with Crippen molar-refractivity contribution in [1.29, 1.82) is 0 Å². The Morgan fingerprint density at radius 1 is 1.36 bits per heavy atom. The minimum Gasteiger partial charge on any atom is -0.395 e. The third-order valence-electron chi connectivity index (χ3n) is 4.87. The number of oxime groups is 1. The Morgan fingerprint density at radius 2 is 2.20 bits per heavy atom. The molecule has 0 N–H and O–H groups in total. The lowest BCUT2D eigenvalue weighted by Crippen LogP contribution is -2.32. The number of para-hydroxylation sites is 1. The van der Waals surface area contributed by atoms with Crippen molar-refractivity contribution < 1.29 is 9.63 Å². The first-order valence-electron chi connectivity index (χ1n) is 8.43. The summed E-state index contributed by atoms with van der Waals surface area (Å²) in [7, 11) is 0. The number of alkyl halides is 1. The molecule has 0 saturated heterocycles. The Morgan fingerprint density at radius 3 is 3.04 bits per heavy atom. The number of hydrogen-bond acceptors (Lipinski definition) is 3. The van der Waals surface area contributed by atoms with E-state index in [4.69, 9.17) is 28.0 Å². The van der Waals surface area contributed by atoms with Crippen molar-refractivity contribution in [3.63, 3.8) is 0 Å². The monoisotopic (exact) mass is 376 g/mol. The van der Waals surface area contributed by atoms with Gasteiger partial charge < -0.3 is 9.74 Å². The normalized spacial score (nSPS) is 25.0. The first-order valence-corrected chi connectivity index (χ1v) is 9.24. The average Bonchev–Trinajstić information content (AvgIpc) is 3.24. The predicted molar refractivity (Wildman–Crippen MR) is 100 cm³/mol. The Kier molecular flexibility index (Phi) is 4.57. The van der Waals surface area contributed by atoms with E-state index in [2.05, 4.69) is 11.2 Å². The number of fused-ring (bicyclic) bond motifs is 1. The number of halogens is 2. The number of allylic oxidation sites excluding steroid dienone is 4. The van der Waals surface area contributed by atoms with E-state index >= 15 is 0 Å². The molecule has 2 aliphatic heterocycles. The second-order valence-electron chi connectivity index (χ2n) is 6.49. The van der Waals surface area contributed by atoms with E-state index in [1.54, 1.807) is 0 Å². The summed E-state index contributed by atoms with van der Waals surface area (Å²) in [4.78, 5) is 20.0. The van der Waals surface area contributed by atoms with Gasteiger partial charge in [-0.1, -0.05) is 41.0 Å². The molecule has 2 atom stereocenters. The highest BCUT2D eigenvalue weighted by Crippen LogP contribution is 2.32. The molecule has 1 aliphatic carbocycles. The molecule has 0 aromatic heterocycles. The van der Waals surface area contributed by atoms with Crippen LogP contribution in [0.15, 0.2) is 52.2 Å². The zero-order chi connectivity index (χ0) is 17.4. The van der Waals surface area contributed by atoms with E-state index in [1.165, 1.54) is 5.56 Å². The van der Waals surface area contributed by atoms with Crippen LogP contribution in [0.2, 0.25) is 0 Å². The highest BCUT2D eigenvalue weighted by molar-refractivity contribution is 6.38. The maximum Gasteiger partial charge on any atom is 0.227 e. The van der Waals surface area contributed by atoms with Gasteiger partial charge >= 0.3 is 0 Å². The van der Waals surface area contributed by atoms with Crippen LogP contribution in [0.25, 0.3) is 0 Å². The first-order chi connectivity index (χ1) is 12.1. The molecule has 0 spiro atoms. The van der Waals surface area contributed by atoms with Crippen LogP contribution in [0.1, 0.15) is 18.4 Å². The van der Waals surface area contributed by atoms with E-state index in [-0.39, 0.29) is 17.2 Å². The molecule has 1 aromatic rings. The van der Waals surface area contributed by atoms with Crippen LogP contribution in [0.4, 0.5) is 5.69 Å². The molecular formula is C19H18Cl2N2O2. The van der Waals surface area contributed by atoms with Crippen molar-refractivity contribution in [2.45, 2.75) is 24.6 Å². The Hall–Kier alpha value is -1.78. The van der Waals surface area contributed by atoms with Gasteiger partial charge in [-0.3, -0.25) is 4.79 Å². The molecule has 1 aromatic carbocycles. The van der Waals surface area contributed by atoms with E-state index in [0.717, 1.165) is 29.9 Å². The van der Waals surface area contributed by atoms with Crippen molar-refractivity contribution in [1.82, 2.24) is 0 Å². The molecule has 2 heterocycles. The standard InChI is InChI=1S/C19H18Cl2N2O2/c20-15-6-5-13(9-16(15)21)19-14(11-25-22-19)10-18(24)23-8-7-12-3-1-2-4-17(12)23/h1-5,9,14-15H,6-8,10-11H2. The highest BCUT2D eigenvalue weighted by atomic mass is 35.5. The van der Waals surface area contributed by atoms with E-state index in [9.17, 15) is 4.79 Å². The molecule has 2 unspecified atom stereocenters. The van der Waals surface area contributed by atoms with Gasteiger partial charge in [0.05, 0.1) is 17.0 Å². The maximum absolute atomic E-state index is 12.8. The number of benzene rings is 1. The predicted octanol–water partition coefficient (Wildman–Crippen LogP) is 4.03. The number of rotatable bonds is 3. The van der Waals surface area contributed by atoms with Crippen molar-refractivity contribution in [3.05, 3.63) is 52.6 Å². The maximum atomic E-state index is 12.8.